The number of nitrogens with one attached hydrogen (secondary N) is 1. The Bertz CT molecular complexity index is 76.6. The van der Waals surface area contributed by atoms with Crippen LogP contribution in [0.25, 0.3) is 0 Å². The fraction of sp³-hybridized carbons (Fsp3) is 0.833. The maximum absolute atomic E-state index is 6.76. The van der Waals surface area contributed by atoms with Gasteiger partial charge in [0.25, 0.3) is 0 Å². The van der Waals surface area contributed by atoms with Crippen molar-refractivity contribution in [2.45, 2.75) is 25.4 Å². The Kier molecular flexibility index (Phi) is 2.03. The van der Waals surface area contributed by atoms with Crippen molar-refractivity contribution in [1.82, 2.24) is 0 Å². The van der Waals surface area contributed by atoms with E-state index in [4.69, 9.17) is 10.1 Å². The number of rotatable bonds is 2. The molecule has 1 heterocycles. The van der Waals surface area contributed by atoms with Crippen LogP contribution < -0.4 is 0 Å². The van der Waals surface area contributed by atoms with Gasteiger partial charge < -0.3 is 10.1 Å². The molecule has 2 nitrogen and oxygen atoms in total. The van der Waals surface area contributed by atoms with Crippen LogP contribution >= 0.6 is 0 Å². The zero-order valence-corrected chi connectivity index (χ0v) is 4.89. The summed E-state index contributed by atoms with van der Waals surface area (Å²) in [6.45, 7) is 0.901. The van der Waals surface area contributed by atoms with E-state index >= 15 is 0 Å². The highest BCUT2D eigenvalue weighted by molar-refractivity contribution is 5.53. The summed E-state index contributed by atoms with van der Waals surface area (Å²) in [5.41, 5.74) is 0. The Balaban J connectivity index is 2.14. The molecule has 1 aliphatic heterocycles. The Morgan fingerprint density at radius 1 is 1.75 bits per heavy atom. The summed E-state index contributed by atoms with van der Waals surface area (Å²) in [6.07, 6.45) is 4.93. The highest BCUT2D eigenvalue weighted by Crippen LogP contribution is 2.13. The standard InChI is InChI=1S/C6H11NO/c7-4-3-6-2-1-5-8-6/h4,6-7H,1-3,5H2/t6-/m1/s1. The molecule has 0 amide bonds. The summed E-state index contributed by atoms with van der Waals surface area (Å²) >= 11 is 0. The molecular weight excluding hydrogens is 102 g/mol. The van der Waals surface area contributed by atoms with Gasteiger partial charge in [-0.1, -0.05) is 0 Å². The zero-order chi connectivity index (χ0) is 5.82. The minimum absolute atomic E-state index is 0.368. The molecule has 0 aromatic heterocycles. The highest BCUT2D eigenvalue weighted by Gasteiger charge is 2.12. The lowest BCUT2D eigenvalue weighted by Gasteiger charge is -2.01. The van der Waals surface area contributed by atoms with Gasteiger partial charge in [0.1, 0.15) is 0 Å². The van der Waals surface area contributed by atoms with Crippen molar-refractivity contribution in [2.24, 2.45) is 0 Å². The third-order valence-corrected chi connectivity index (χ3v) is 1.40. The third kappa shape index (κ3) is 1.30. The molecule has 0 aromatic rings. The van der Waals surface area contributed by atoms with Crippen LogP contribution in [0.3, 0.4) is 0 Å². The second-order valence-corrected chi connectivity index (χ2v) is 2.07. The Labute approximate surface area is 49.4 Å². The Morgan fingerprint density at radius 3 is 3.12 bits per heavy atom. The van der Waals surface area contributed by atoms with Gasteiger partial charge in [0.15, 0.2) is 0 Å². The van der Waals surface area contributed by atoms with Crippen LogP contribution in [0.4, 0.5) is 0 Å². The Morgan fingerprint density at radius 2 is 2.62 bits per heavy atom. The van der Waals surface area contributed by atoms with E-state index in [1.165, 1.54) is 12.6 Å². The summed E-state index contributed by atoms with van der Waals surface area (Å²) < 4.78 is 5.24. The van der Waals surface area contributed by atoms with Crippen molar-refractivity contribution in [3.63, 3.8) is 0 Å². The van der Waals surface area contributed by atoms with Crippen LogP contribution in [0, 0.1) is 5.41 Å². The number of ether oxygens (including phenoxy) is 1. The lowest BCUT2D eigenvalue weighted by atomic mass is 10.2. The second kappa shape index (κ2) is 2.82. The van der Waals surface area contributed by atoms with E-state index in [1.54, 1.807) is 0 Å². The third-order valence-electron chi connectivity index (χ3n) is 1.40. The molecule has 0 spiro atoms. The molecule has 0 aliphatic carbocycles. The van der Waals surface area contributed by atoms with Crippen molar-refractivity contribution < 1.29 is 4.74 Å². The van der Waals surface area contributed by atoms with E-state index in [1.807, 2.05) is 0 Å². The fourth-order valence-corrected chi connectivity index (χ4v) is 0.962. The molecule has 1 atom stereocenters. The van der Waals surface area contributed by atoms with Crippen LogP contribution in [0.1, 0.15) is 19.3 Å². The largest absolute Gasteiger partial charge is 0.378 e. The van der Waals surface area contributed by atoms with Crippen molar-refractivity contribution in [2.75, 3.05) is 6.61 Å². The van der Waals surface area contributed by atoms with Crippen LogP contribution in [0.15, 0.2) is 0 Å². The topological polar surface area (TPSA) is 33.1 Å². The quantitative estimate of drug-likeness (QED) is 0.536. The molecule has 1 rings (SSSR count). The fourth-order valence-electron chi connectivity index (χ4n) is 0.962. The van der Waals surface area contributed by atoms with Crippen molar-refractivity contribution in [3.8, 4) is 0 Å². The first-order chi connectivity index (χ1) is 3.93. The SMILES string of the molecule is N=CC[C@H]1CCCO1. The van der Waals surface area contributed by atoms with Gasteiger partial charge in [-0.2, -0.15) is 0 Å². The molecule has 1 fully saturated rings. The molecule has 46 valence electrons. The lowest BCUT2D eigenvalue weighted by molar-refractivity contribution is 0.117. The first kappa shape index (κ1) is 5.76. The molecule has 0 unspecified atom stereocenters. The van der Waals surface area contributed by atoms with Gasteiger partial charge in [0, 0.05) is 13.0 Å². The summed E-state index contributed by atoms with van der Waals surface area (Å²) in [5.74, 6) is 0. The molecule has 0 saturated carbocycles. The maximum atomic E-state index is 6.76. The van der Waals surface area contributed by atoms with E-state index in [-0.39, 0.29) is 0 Å². The lowest BCUT2D eigenvalue weighted by Crippen LogP contribution is -2.03. The van der Waals surface area contributed by atoms with Gasteiger partial charge in [-0.25, -0.2) is 0 Å². The average molecular weight is 113 g/mol. The van der Waals surface area contributed by atoms with Crippen LogP contribution in [0.5, 0.6) is 0 Å². The van der Waals surface area contributed by atoms with Crippen molar-refractivity contribution in [3.05, 3.63) is 0 Å². The van der Waals surface area contributed by atoms with E-state index in [0.29, 0.717) is 6.10 Å². The van der Waals surface area contributed by atoms with Gasteiger partial charge in [-0.05, 0) is 19.1 Å². The smallest absolute Gasteiger partial charge is 0.0625 e. The monoisotopic (exact) mass is 113 g/mol. The molecule has 0 aromatic carbocycles. The molecule has 8 heavy (non-hydrogen) atoms. The van der Waals surface area contributed by atoms with Crippen LogP contribution in [-0.4, -0.2) is 18.9 Å². The van der Waals surface area contributed by atoms with Gasteiger partial charge in [-0.3, -0.25) is 0 Å². The van der Waals surface area contributed by atoms with Crippen LogP contribution in [0.2, 0.25) is 0 Å². The van der Waals surface area contributed by atoms with Gasteiger partial charge >= 0.3 is 0 Å². The zero-order valence-electron chi connectivity index (χ0n) is 4.89. The minimum atomic E-state index is 0.368. The first-order valence-electron chi connectivity index (χ1n) is 3.04. The average Bonchev–Trinajstić information content (AvgIpc) is 2.19. The minimum Gasteiger partial charge on any atom is -0.378 e. The summed E-state index contributed by atoms with van der Waals surface area (Å²) in [6, 6.07) is 0. The predicted molar refractivity (Wildman–Crippen MR) is 32.4 cm³/mol. The van der Waals surface area contributed by atoms with Gasteiger partial charge in [0.2, 0.25) is 0 Å². The van der Waals surface area contributed by atoms with E-state index in [2.05, 4.69) is 0 Å². The van der Waals surface area contributed by atoms with Gasteiger partial charge in [-0.15, -0.1) is 0 Å². The highest BCUT2D eigenvalue weighted by atomic mass is 16.5. The maximum Gasteiger partial charge on any atom is 0.0625 e. The molecule has 1 saturated heterocycles. The summed E-state index contributed by atoms with van der Waals surface area (Å²) in [7, 11) is 0. The first-order valence-corrected chi connectivity index (χ1v) is 3.04. The van der Waals surface area contributed by atoms with Gasteiger partial charge in [0.05, 0.1) is 6.10 Å². The predicted octanol–water partition coefficient (Wildman–Crippen LogP) is 1.21. The Hall–Kier alpha value is -0.370. The molecule has 1 aliphatic rings. The molecule has 2 heteroatoms. The number of hydrogen-bond acceptors (Lipinski definition) is 2. The van der Waals surface area contributed by atoms with E-state index in [0.717, 1.165) is 19.4 Å². The van der Waals surface area contributed by atoms with E-state index in [9.17, 15) is 0 Å². The van der Waals surface area contributed by atoms with Crippen LogP contribution in [-0.2, 0) is 4.74 Å². The van der Waals surface area contributed by atoms with Crippen molar-refractivity contribution >= 4 is 6.21 Å². The molecule has 0 radical (unpaired) electrons. The van der Waals surface area contributed by atoms with E-state index < -0.39 is 0 Å². The summed E-state index contributed by atoms with van der Waals surface area (Å²) in [4.78, 5) is 0. The molecular formula is C6H11NO. The number of hydrogen-bond donors (Lipinski definition) is 1. The molecule has 0 bridgehead atoms. The normalized spacial score (nSPS) is 28.2. The molecule has 1 N–H and O–H groups in total. The second-order valence-electron chi connectivity index (χ2n) is 2.07. The van der Waals surface area contributed by atoms with Crippen molar-refractivity contribution in [1.29, 1.82) is 5.41 Å². The summed E-state index contributed by atoms with van der Waals surface area (Å²) in [5, 5.41) is 6.76.